The van der Waals surface area contributed by atoms with E-state index in [9.17, 15) is 23.3 Å². The third-order valence-corrected chi connectivity index (χ3v) is 11.9. The highest BCUT2D eigenvalue weighted by Crippen LogP contribution is 2.43. The van der Waals surface area contributed by atoms with Crippen molar-refractivity contribution in [2.24, 2.45) is 5.41 Å². The number of ether oxygens (including phenoxy) is 1. The number of aryl methyl sites for hydroxylation is 1. The number of piperazine rings is 1. The monoisotopic (exact) mass is 763 g/mol. The zero-order valence-corrected chi connectivity index (χ0v) is 32.2. The molecule has 5 aromatic rings. The van der Waals surface area contributed by atoms with Crippen LogP contribution in [0.1, 0.15) is 54.6 Å². The molecule has 7 rings (SSSR count). The van der Waals surface area contributed by atoms with Crippen LogP contribution in [0, 0.1) is 22.5 Å². The Morgan fingerprint density at radius 1 is 1.02 bits per heavy atom. The first-order valence-electron chi connectivity index (χ1n) is 18.3. The third-order valence-electron chi connectivity index (χ3n) is 10.5. The first-order valence-corrected chi connectivity index (χ1v) is 19.8. The summed E-state index contributed by atoms with van der Waals surface area (Å²) >= 11 is 0. The van der Waals surface area contributed by atoms with Crippen LogP contribution in [0.15, 0.2) is 95.7 Å². The molecule has 0 bridgehead atoms. The van der Waals surface area contributed by atoms with Gasteiger partial charge in [0.25, 0.3) is 21.6 Å². The van der Waals surface area contributed by atoms with Crippen LogP contribution in [-0.2, 0) is 10.0 Å². The largest absolute Gasteiger partial charge is 0.455 e. The van der Waals surface area contributed by atoms with Gasteiger partial charge in [-0.2, -0.15) is 0 Å². The highest BCUT2D eigenvalue weighted by Gasteiger charge is 2.30. The number of rotatable bonds is 11. The maximum absolute atomic E-state index is 13.7. The molecule has 0 spiro atoms. The molecule has 3 aromatic carbocycles. The number of benzene rings is 3. The Balaban J connectivity index is 1.12. The molecule has 1 aliphatic carbocycles. The molecule has 3 N–H and O–H groups in total. The fourth-order valence-corrected chi connectivity index (χ4v) is 8.35. The van der Waals surface area contributed by atoms with Crippen LogP contribution < -0.4 is 19.7 Å². The van der Waals surface area contributed by atoms with Gasteiger partial charge in [0, 0.05) is 69.2 Å². The van der Waals surface area contributed by atoms with Crippen molar-refractivity contribution in [1.29, 1.82) is 0 Å². The summed E-state index contributed by atoms with van der Waals surface area (Å²) < 4.78 is 35.1. The lowest BCUT2D eigenvalue weighted by Crippen LogP contribution is -2.47. The van der Waals surface area contributed by atoms with Crippen LogP contribution in [0.4, 0.5) is 17.1 Å². The Labute approximate surface area is 320 Å². The van der Waals surface area contributed by atoms with Crippen molar-refractivity contribution in [3.63, 3.8) is 0 Å². The zero-order valence-electron chi connectivity index (χ0n) is 31.4. The van der Waals surface area contributed by atoms with Crippen molar-refractivity contribution in [1.82, 2.24) is 19.6 Å². The molecule has 286 valence electrons. The second kappa shape index (κ2) is 15.2. The van der Waals surface area contributed by atoms with Crippen LogP contribution >= 0.6 is 0 Å². The molecule has 1 aliphatic heterocycles. The lowest BCUT2D eigenvalue weighted by atomic mass is 9.72. The van der Waals surface area contributed by atoms with Crippen molar-refractivity contribution in [2.75, 3.05) is 50.0 Å². The van der Waals surface area contributed by atoms with E-state index in [-0.39, 0.29) is 22.4 Å². The van der Waals surface area contributed by atoms with E-state index in [1.165, 1.54) is 47.7 Å². The molecular formula is C41H45N7O6S. The minimum Gasteiger partial charge on any atom is -0.455 e. The predicted molar refractivity (Wildman–Crippen MR) is 214 cm³/mol. The van der Waals surface area contributed by atoms with Gasteiger partial charge in [-0.05, 0) is 79.1 Å². The Kier molecular flexibility index (Phi) is 10.4. The van der Waals surface area contributed by atoms with Gasteiger partial charge in [0.05, 0.1) is 21.6 Å². The minimum atomic E-state index is -4.50. The maximum atomic E-state index is 13.7. The number of allylic oxidation sites excluding steroid dienone is 1. The number of anilines is 2. The summed E-state index contributed by atoms with van der Waals surface area (Å²) in [5, 5.41) is 15.1. The number of aromatic amines is 1. The average Bonchev–Trinajstić information content (AvgIpc) is 3.64. The second-order valence-corrected chi connectivity index (χ2v) is 16.7. The van der Waals surface area contributed by atoms with Crippen molar-refractivity contribution >= 4 is 49.6 Å². The van der Waals surface area contributed by atoms with Gasteiger partial charge in [0.1, 0.15) is 22.8 Å². The number of aromatic nitrogens is 2. The SMILES string of the molecule is CNc1ccc(S(=O)(=O)NC(=O)c2ccc(N3CCN(CC4=C(c5ccc(C)cc5)CC(C)(C)CC4)CC3)cc2Oc2cnc3[nH]ccc3c2)cc1[N+](=O)[O-]. The summed E-state index contributed by atoms with van der Waals surface area (Å²) in [4.78, 5) is 36.4. The van der Waals surface area contributed by atoms with Gasteiger partial charge in [0.2, 0.25) is 0 Å². The summed E-state index contributed by atoms with van der Waals surface area (Å²) in [6.07, 6.45) is 6.59. The summed E-state index contributed by atoms with van der Waals surface area (Å²) in [5.41, 5.74) is 6.97. The Morgan fingerprint density at radius 2 is 1.78 bits per heavy atom. The lowest BCUT2D eigenvalue weighted by Gasteiger charge is -2.39. The van der Waals surface area contributed by atoms with E-state index in [0.29, 0.717) is 11.4 Å². The molecule has 0 radical (unpaired) electrons. The van der Waals surface area contributed by atoms with Gasteiger partial charge in [-0.15, -0.1) is 0 Å². The minimum absolute atomic E-state index is 0.0303. The Morgan fingerprint density at radius 3 is 2.51 bits per heavy atom. The highest BCUT2D eigenvalue weighted by molar-refractivity contribution is 7.90. The highest BCUT2D eigenvalue weighted by atomic mass is 32.2. The number of pyridine rings is 1. The molecule has 2 aliphatic rings. The van der Waals surface area contributed by atoms with E-state index in [2.05, 4.69) is 74.8 Å². The molecule has 13 nitrogen and oxygen atoms in total. The lowest BCUT2D eigenvalue weighted by molar-refractivity contribution is -0.384. The van der Waals surface area contributed by atoms with Gasteiger partial charge in [-0.3, -0.25) is 19.8 Å². The van der Waals surface area contributed by atoms with E-state index >= 15 is 0 Å². The summed E-state index contributed by atoms with van der Waals surface area (Å²) in [6.45, 7) is 10.9. The summed E-state index contributed by atoms with van der Waals surface area (Å²) in [5.74, 6) is -0.452. The molecule has 55 heavy (non-hydrogen) atoms. The topological polar surface area (TPSA) is 163 Å². The predicted octanol–water partition coefficient (Wildman–Crippen LogP) is 7.52. The van der Waals surface area contributed by atoms with Gasteiger partial charge in [-0.1, -0.05) is 49.2 Å². The molecule has 3 heterocycles. The second-order valence-electron chi connectivity index (χ2n) is 15.0. The fraction of sp³-hybridized carbons (Fsp3) is 0.317. The molecule has 0 unspecified atom stereocenters. The third kappa shape index (κ3) is 8.35. The first kappa shape index (κ1) is 37.6. The molecule has 1 saturated heterocycles. The quantitative estimate of drug-likeness (QED) is 0.0906. The number of sulfonamides is 1. The number of amides is 1. The Hall–Kier alpha value is -5.73. The van der Waals surface area contributed by atoms with Crippen molar-refractivity contribution in [2.45, 2.75) is 44.9 Å². The van der Waals surface area contributed by atoms with E-state index < -0.39 is 31.4 Å². The van der Waals surface area contributed by atoms with Crippen LogP contribution in [0.25, 0.3) is 16.6 Å². The molecule has 0 atom stereocenters. The number of fused-ring (bicyclic) bond motifs is 1. The van der Waals surface area contributed by atoms with Gasteiger partial charge in [0.15, 0.2) is 0 Å². The number of hydrogen-bond acceptors (Lipinski definition) is 10. The smallest absolute Gasteiger partial charge is 0.293 e. The van der Waals surface area contributed by atoms with Crippen LogP contribution in [0.2, 0.25) is 0 Å². The summed E-state index contributed by atoms with van der Waals surface area (Å²) in [6, 6.07) is 21.0. The van der Waals surface area contributed by atoms with Crippen LogP contribution in [-0.4, -0.2) is 73.9 Å². The number of H-pyrrole nitrogens is 1. The van der Waals surface area contributed by atoms with Crippen molar-refractivity contribution < 1.29 is 22.9 Å². The van der Waals surface area contributed by atoms with Crippen LogP contribution in [0.5, 0.6) is 11.5 Å². The number of carbonyl (C=O) groups excluding carboxylic acids is 1. The van der Waals surface area contributed by atoms with Gasteiger partial charge in [-0.25, -0.2) is 18.1 Å². The molecular weight excluding hydrogens is 719 g/mol. The Bertz CT molecular complexity index is 2400. The summed E-state index contributed by atoms with van der Waals surface area (Å²) in [7, 11) is -3.01. The maximum Gasteiger partial charge on any atom is 0.293 e. The molecule has 1 fully saturated rings. The molecule has 2 aromatic heterocycles. The van der Waals surface area contributed by atoms with E-state index in [1.807, 2.05) is 6.07 Å². The number of nitrogens with one attached hydrogen (secondary N) is 3. The number of nitrogens with zero attached hydrogens (tertiary/aromatic N) is 4. The standard InChI is InChI=1S/C41H45N7O6S/c1-27-5-7-28(8-6-27)35-24-41(2,3)15-13-30(35)26-46-17-19-47(20-18-46)31-9-11-34(38(22-31)54-32-21-29-14-16-43-39(29)44-25-32)40(49)45-55(52,53)33-10-12-36(42-4)37(23-33)48(50)51/h5-12,14,16,21-23,25,42H,13,15,17-20,24,26H2,1-4H3,(H,43,44)(H,45,49). The molecule has 1 amide bonds. The van der Waals surface area contributed by atoms with Crippen molar-refractivity contribution in [3.05, 3.63) is 118 Å². The van der Waals surface area contributed by atoms with Gasteiger partial charge < -0.3 is 19.9 Å². The number of hydrogen-bond donors (Lipinski definition) is 3. The average molecular weight is 764 g/mol. The van der Waals surface area contributed by atoms with E-state index in [1.54, 1.807) is 30.5 Å². The van der Waals surface area contributed by atoms with E-state index in [4.69, 9.17) is 4.74 Å². The van der Waals surface area contributed by atoms with E-state index in [0.717, 1.165) is 69.1 Å². The first-order chi connectivity index (χ1) is 26.3. The number of carbonyl (C=O) groups is 1. The fourth-order valence-electron chi connectivity index (χ4n) is 7.36. The van der Waals surface area contributed by atoms with Crippen LogP contribution in [0.3, 0.4) is 0 Å². The number of nitro benzene ring substituents is 1. The number of nitro groups is 1. The zero-order chi connectivity index (χ0) is 38.9. The van der Waals surface area contributed by atoms with Gasteiger partial charge >= 0.3 is 0 Å². The normalized spacial score (nSPS) is 16.3. The van der Waals surface area contributed by atoms with Crippen molar-refractivity contribution in [3.8, 4) is 11.5 Å². The molecule has 0 saturated carbocycles. The molecule has 14 heteroatoms.